The van der Waals surface area contributed by atoms with Crippen LogP contribution in [0, 0.1) is 6.92 Å². The molecule has 4 heteroatoms. The molecule has 0 amide bonds. The molecule has 0 aliphatic heterocycles. The zero-order valence-corrected chi connectivity index (χ0v) is 16.6. The summed E-state index contributed by atoms with van der Waals surface area (Å²) in [4.78, 5) is 14.0. The summed E-state index contributed by atoms with van der Waals surface area (Å²) in [6.45, 7) is 2.89. The second-order valence-corrected chi connectivity index (χ2v) is 7.67. The van der Waals surface area contributed by atoms with Gasteiger partial charge in [-0.1, -0.05) is 24.3 Å². The number of nitrogens with zero attached hydrogens (tertiary/aromatic N) is 4. The van der Waals surface area contributed by atoms with Crippen LogP contribution in [0.25, 0.3) is 43.6 Å². The SMILES string of the molecule is Cc1cc[n+](Cc2cc3cccnc3c3ncccc23)c2c1ccc1cccnc12. The number of hydrogen-bond acceptors (Lipinski definition) is 3. The minimum atomic E-state index is 0.736. The second kappa shape index (κ2) is 6.56. The van der Waals surface area contributed by atoms with Crippen LogP contribution in [0.5, 0.6) is 0 Å². The fraction of sp³-hybridized carbons (Fsp3) is 0.0769. The fourth-order valence-electron chi connectivity index (χ4n) is 4.40. The van der Waals surface area contributed by atoms with Crippen LogP contribution in [0.3, 0.4) is 0 Å². The molecular formula is C26H19N4+. The van der Waals surface area contributed by atoms with Crippen LogP contribution in [0.2, 0.25) is 0 Å². The molecule has 6 aromatic rings. The minimum Gasteiger partial charge on any atom is -0.254 e. The summed E-state index contributed by atoms with van der Waals surface area (Å²) in [5.74, 6) is 0. The summed E-state index contributed by atoms with van der Waals surface area (Å²) >= 11 is 0. The van der Waals surface area contributed by atoms with E-state index in [0.29, 0.717) is 0 Å². The summed E-state index contributed by atoms with van der Waals surface area (Å²) in [7, 11) is 0. The zero-order chi connectivity index (χ0) is 20.1. The molecule has 0 atom stereocenters. The summed E-state index contributed by atoms with van der Waals surface area (Å²) in [5.41, 5.74) is 6.57. The van der Waals surface area contributed by atoms with E-state index in [9.17, 15) is 0 Å². The summed E-state index contributed by atoms with van der Waals surface area (Å²) in [6, 6.07) is 21.1. The third-order valence-electron chi connectivity index (χ3n) is 5.85. The first kappa shape index (κ1) is 17.0. The Morgan fingerprint density at radius 2 is 1.43 bits per heavy atom. The Morgan fingerprint density at radius 1 is 0.700 bits per heavy atom. The summed E-state index contributed by atoms with van der Waals surface area (Å²) < 4.78 is 2.31. The molecule has 0 saturated heterocycles. The van der Waals surface area contributed by atoms with E-state index in [1.54, 1.807) is 0 Å². The smallest absolute Gasteiger partial charge is 0.239 e. The van der Waals surface area contributed by atoms with Gasteiger partial charge in [0.05, 0.1) is 16.4 Å². The van der Waals surface area contributed by atoms with Gasteiger partial charge in [-0.3, -0.25) is 9.97 Å². The third kappa shape index (κ3) is 2.54. The van der Waals surface area contributed by atoms with Gasteiger partial charge in [0.1, 0.15) is 5.52 Å². The van der Waals surface area contributed by atoms with E-state index in [0.717, 1.165) is 44.8 Å². The lowest BCUT2D eigenvalue weighted by Crippen LogP contribution is -2.35. The number of hydrogen-bond donors (Lipinski definition) is 0. The number of aromatic nitrogens is 4. The van der Waals surface area contributed by atoms with E-state index in [2.05, 4.69) is 70.1 Å². The number of aryl methyl sites for hydroxylation is 1. The molecule has 0 fully saturated rings. The van der Waals surface area contributed by atoms with Gasteiger partial charge in [0.25, 0.3) is 0 Å². The predicted molar refractivity (Wildman–Crippen MR) is 120 cm³/mol. The lowest BCUT2D eigenvalue weighted by atomic mass is 10.0. The quantitative estimate of drug-likeness (QED) is 0.306. The van der Waals surface area contributed by atoms with Crippen molar-refractivity contribution < 1.29 is 4.57 Å². The fourth-order valence-corrected chi connectivity index (χ4v) is 4.40. The van der Waals surface area contributed by atoms with E-state index in [-0.39, 0.29) is 0 Å². The lowest BCUT2D eigenvalue weighted by molar-refractivity contribution is -0.661. The predicted octanol–water partition coefficient (Wildman–Crippen LogP) is 5.13. The van der Waals surface area contributed by atoms with Crippen LogP contribution in [-0.4, -0.2) is 15.0 Å². The van der Waals surface area contributed by atoms with Gasteiger partial charge in [0.2, 0.25) is 5.52 Å². The Labute approximate surface area is 173 Å². The molecular weight excluding hydrogens is 368 g/mol. The molecule has 4 heterocycles. The first-order valence-electron chi connectivity index (χ1n) is 10.1. The largest absolute Gasteiger partial charge is 0.254 e. The molecule has 4 nitrogen and oxygen atoms in total. The molecule has 0 spiro atoms. The molecule has 6 rings (SSSR count). The first-order chi connectivity index (χ1) is 14.8. The lowest BCUT2D eigenvalue weighted by Gasteiger charge is -2.10. The van der Waals surface area contributed by atoms with Crippen molar-refractivity contribution in [3.63, 3.8) is 0 Å². The Balaban J connectivity index is 1.66. The Morgan fingerprint density at radius 3 is 2.30 bits per heavy atom. The highest BCUT2D eigenvalue weighted by atomic mass is 15.0. The van der Waals surface area contributed by atoms with Gasteiger partial charge in [0.15, 0.2) is 12.7 Å². The number of pyridine rings is 4. The van der Waals surface area contributed by atoms with Crippen molar-refractivity contribution in [2.75, 3.05) is 0 Å². The van der Waals surface area contributed by atoms with Gasteiger partial charge < -0.3 is 0 Å². The van der Waals surface area contributed by atoms with Gasteiger partial charge in [-0.25, -0.2) is 4.98 Å². The highest BCUT2D eigenvalue weighted by Crippen LogP contribution is 2.27. The molecule has 0 aliphatic carbocycles. The maximum atomic E-state index is 4.72. The Bertz CT molecular complexity index is 1590. The topological polar surface area (TPSA) is 42.5 Å². The molecule has 2 aromatic carbocycles. The molecule has 0 aliphatic rings. The highest BCUT2D eigenvalue weighted by Gasteiger charge is 2.18. The first-order valence-corrected chi connectivity index (χ1v) is 10.1. The third-order valence-corrected chi connectivity index (χ3v) is 5.85. The molecule has 0 radical (unpaired) electrons. The highest BCUT2D eigenvalue weighted by molar-refractivity contribution is 6.04. The maximum Gasteiger partial charge on any atom is 0.239 e. The maximum absolute atomic E-state index is 4.72. The molecule has 0 bridgehead atoms. The number of fused-ring (bicyclic) bond motifs is 6. The van der Waals surface area contributed by atoms with E-state index < -0.39 is 0 Å². The summed E-state index contributed by atoms with van der Waals surface area (Å²) in [6.07, 6.45) is 7.71. The average molecular weight is 387 g/mol. The number of benzene rings is 2. The minimum absolute atomic E-state index is 0.736. The monoisotopic (exact) mass is 387 g/mol. The molecule has 0 N–H and O–H groups in total. The van der Waals surface area contributed by atoms with Crippen LogP contribution in [0.15, 0.2) is 85.5 Å². The van der Waals surface area contributed by atoms with Gasteiger partial charge in [-0.2, -0.15) is 4.57 Å². The van der Waals surface area contributed by atoms with Crippen molar-refractivity contribution in [3.8, 4) is 0 Å². The molecule has 4 aromatic heterocycles. The van der Waals surface area contributed by atoms with Crippen molar-refractivity contribution in [1.29, 1.82) is 0 Å². The van der Waals surface area contributed by atoms with Crippen LogP contribution < -0.4 is 4.57 Å². The normalized spacial score (nSPS) is 11.6. The van der Waals surface area contributed by atoms with Crippen LogP contribution in [0.1, 0.15) is 11.1 Å². The Hall–Kier alpha value is -3.92. The van der Waals surface area contributed by atoms with Crippen molar-refractivity contribution in [2.45, 2.75) is 13.5 Å². The van der Waals surface area contributed by atoms with Crippen molar-refractivity contribution in [2.24, 2.45) is 0 Å². The molecule has 142 valence electrons. The van der Waals surface area contributed by atoms with Crippen LogP contribution in [0.4, 0.5) is 0 Å². The van der Waals surface area contributed by atoms with Gasteiger partial charge in [-0.05, 0) is 42.8 Å². The van der Waals surface area contributed by atoms with Crippen molar-refractivity contribution in [1.82, 2.24) is 15.0 Å². The van der Waals surface area contributed by atoms with Crippen LogP contribution in [-0.2, 0) is 6.54 Å². The number of rotatable bonds is 2. The zero-order valence-electron chi connectivity index (χ0n) is 16.6. The van der Waals surface area contributed by atoms with Gasteiger partial charge in [0, 0.05) is 46.4 Å². The van der Waals surface area contributed by atoms with Gasteiger partial charge in [-0.15, -0.1) is 0 Å². The standard InChI is InChI=1S/C26H19N4/c1-17-10-14-30(26-21(17)9-8-18-5-2-12-28-24(18)26)16-20-15-19-6-3-11-27-23(19)25-22(20)7-4-13-29-25/h2-15H,16H2,1H3/q+1. The van der Waals surface area contributed by atoms with E-state index >= 15 is 0 Å². The van der Waals surface area contributed by atoms with E-state index in [1.165, 1.54) is 16.5 Å². The van der Waals surface area contributed by atoms with E-state index in [4.69, 9.17) is 4.98 Å². The average Bonchev–Trinajstić information content (AvgIpc) is 2.80. The summed E-state index contributed by atoms with van der Waals surface area (Å²) in [5, 5.41) is 4.63. The van der Waals surface area contributed by atoms with Crippen LogP contribution >= 0.6 is 0 Å². The molecule has 30 heavy (non-hydrogen) atoms. The molecule has 0 saturated carbocycles. The van der Waals surface area contributed by atoms with Crippen molar-refractivity contribution >= 4 is 43.6 Å². The van der Waals surface area contributed by atoms with E-state index in [1.807, 2.05) is 36.8 Å². The van der Waals surface area contributed by atoms with Crippen molar-refractivity contribution in [3.05, 3.63) is 96.6 Å². The van der Waals surface area contributed by atoms with Gasteiger partial charge >= 0.3 is 0 Å². The second-order valence-electron chi connectivity index (χ2n) is 7.67. The molecule has 0 unspecified atom stereocenters. The Kier molecular flexibility index (Phi) is 3.71.